The van der Waals surface area contributed by atoms with Crippen LogP contribution in [-0.4, -0.2) is 21.6 Å². The fourth-order valence-electron chi connectivity index (χ4n) is 0.285. The Hall–Kier alpha value is -0.570. The standard InChI is InChI=1S/C5H8O4S/c1-3-5-9-10(6,7)8-4-2/h1H,4-5H2,2H3. The van der Waals surface area contributed by atoms with Gasteiger partial charge in [0.2, 0.25) is 0 Å². The van der Waals surface area contributed by atoms with Crippen LogP contribution in [0.25, 0.3) is 0 Å². The fourth-order valence-corrected chi connectivity index (χ4v) is 0.854. The SMILES string of the molecule is C#CCOS(=O)(=O)OCC. The Balaban J connectivity index is 3.80. The van der Waals surface area contributed by atoms with Gasteiger partial charge in [-0.25, -0.2) is 8.37 Å². The quantitative estimate of drug-likeness (QED) is 0.545. The van der Waals surface area contributed by atoms with E-state index < -0.39 is 10.4 Å². The fraction of sp³-hybridized carbons (Fsp3) is 0.600. The summed E-state index contributed by atoms with van der Waals surface area (Å²) >= 11 is 0. The molecule has 0 aromatic rings. The lowest BCUT2D eigenvalue weighted by molar-refractivity contribution is 0.241. The third-order valence-corrected chi connectivity index (χ3v) is 1.48. The van der Waals surface area contributed by atoms with Crippen LogP contribution in [-0.2, 0) is 18.8 Å². The van der Waals surface area contributed by atoms with Crippen LogP contribution in [0.3, 0.4) is 0 Å². The zero-order chi connectivity index (χ0) is 8.04. The Kier molecular flexibility index (Phi) is 4.03. The summed E-state index contributed by atoms with van der Waals surface area (Å²) in [5.74, 6) is 2.00. The third-order valence-electron chi connectivity index (χ3n) is 0.549. The number of hydrogen-bond donors (Lipinski definition) is 0. The normalized spacial score (nSPS) is 10.8. The summed E-state index contributed by atoms with van der Waals surface area (Å²) in [5.41, 5.74) is 0. The van der Waals surface area contributed by atoms with Crippen LogP contribution in [0.4, 0.5) is 0 Å². The molecule has 0 aliphatic rings. The van der Waals surface area contributed by atoms with E-state index in [0.717, 1.165) is 0 Å². The van der Waals surface area contributed by atoms with Crippen LogP contribution < -0.4 is 0 Å². The van der Waals surface area contributed by atoms with Crippen LogP contribution in [0, 0.1) is 12.3 Å². The van der Waals surface area contributed by atoms with E-state index in [1.807, 2.05) is 5.92 Å². The number of rotatable bonds is 4. The van der Waals surface area contributed by atoms with Gasteiger partial charge in [-0.1, -0.05) is 5.92 Å². The molecule has 0 aromatic carbocycles. The van der Waals surface area contributed by atoms with Crippen molar-refractivity contribution in [2.24, 2.45) is 0 Å². The van der Waals surface area contributed by atoms with E-state index in [0.29, 0.717) is 0 Å². The maximum Gasteiger partial charge on any atom is 0.400 e. The molecule has 0 saturated carbocycles. The van der Waals surface area contributed by atoms with Crippen LogP contribution in [0.2, 0.25) is 0 Å². The molecule has 0 fully saturated rings. The maximum atomic E-state index is 10.4. The van der Waals surface area contributed by atoms with Gasteiger partial charge in [-0.15, -0.1) is 6.42 Å². The zero-order valence-electron chi connectivity index (χ0n) is 5.53. The van der Waals surface area contributed by atoms with Crippen LogP contribution in [0.15, 0.2) is 0 Å². The molecule has 5 heteroatoms. The van der Waals surface area contributed by atoms with Crippen LogP contribution >= 0.6 is 0 Å². The van der Waals surface area contributed by atoms with Crippen molar-refractivity contribution in [2.75, 3.05) is 13.2 Å². The molecule has 0 bridgehead atoms. The summed E-state index contributed by atoms with van der Waals surface area (Å²) in [6.07, 6.45) is 4.74. The Morgan fingerprint density at radius 1 is 1.50 bits per heavy atom. The average molecular weight is 164 g/mol. The molecule has 4 nitrogen and oxygen atoms in total. The van der Waals surface area contributed by atoms with Crippen molar-refractivity contribution in [1.29, 1.82) is 0 Å². The van der Waals surface area contributed by atoms with Gasteiger partial charge < -0.3 is 0 Å². The van der Waals surface area contributed by atoms with Crippen molar-refractivity contribution in [1.82, 2.24) is 0 Å². The second-order valence-corrected chi connectivity index (χ2v) is 2.57. The maximum absolute atomic E-state index is 10.4. The van der Waals surface area contributed by atoms with Crippen molar-refractivity contribution in [3.63, 3.8) is 0 Å². The summed E-state index contributed by atoms with van der Waals surface area (Å²) in [5, 5.41) is 0. The summed E-state index contributed by atoms with van der Waals surface area (Å²) < 4.78 is 29.2. The highest BCUT2D eigenvalue weighted by Gasteiger charge is 2.07. The number of terminal acetylenes is 1. The highest BCUT2D eigenvalue weighted by Crippen LogP contribution is 1.93. The molecule has 0 rings (SSSR count). The van der Waals surface area contributed by atoms with Crippen LogP contribution in [0.1, 0.15) is 6.92 Å². The predicted octanol–water partition coefficient (Wildman–Crippen LogP) is -0.0825. The van der Waals surface area contributed by atoms with Crippen molar-refractivity contribution in [3.8, 4) is 12.3 Å². The van der Waals surface area contributed by atoms with E-state index in [2.05, 4.69) is 8.37 Å². The minimum absolute atomic E-state index is 0.0485. The molecule has 0 atom stereocenters. The van der Waals surface area contributed by atoms with E-state index in [1.54, 1.807) is 0 Å². The molecule has 0 aliphatic carbocycles. The summed E-state index contributed by atoms with van der Waals surface area (Å²) in [6, 6.07) is 0. The van der Waals surface area contributed by atoms with Gasteiger partial charge in [-0.05, 0) is 6.92 Å². The first-order chi connectivity index (χ1) is 4.62. The summed E-state index contributed by atoms with van der Waals surface area (Å²) in [4.78, 5) is 0. The summed E-state index contributed by atoms with van der Waals surface area (Å²) in [7, 11) is -3.84. The van der Waals surface area contributed by atoms with E-state index in [4.69, 9.17) is 6.42 Å². The minimum Gasteiger partial charge on any atom is -0.248 e. The molecule has 0 aliphatic heterocycles. The van der Waals surface area contributed by atoms with E-state index in [9.17, 15) is 8.42 Å². The van der Waals surface area contributed by atoms with E-state index in [-0.39, 0.29) is 13.2 Å². The van der Waals surface area contributed by atoms with Crippen molar-refractivity contribution in [3.05, 3.63) is 0 Å². The van der Waals surface area contributed by atoms with E-state index in [1.165, 1.54) is 6.92 Å². The Labute approximate surface area is 60.5 Å². The van der Waals surface area contributed by atoms with Gasteiger partial charge in [0.25, 0.3) is 0 Å². The molecule has 0 heterocycles. The van der Waals surface area contributed by atoms with Gasteiger partial charge in [0.05, 0.1) is 6.61 Å². The second-order valence-electron chi connectivity index (χ2n) is 1.28. The van der Waals surface area contributed by atoms with Crippen molar-refractivity contribution in [2.45, 2.75) is 6.92 Å². The molecule has 0 radical (unpaired) electrons. The highest BCUT2D eigenvalue weighted by atomic mass is 32.3. The molecule has 10 heavy (non-hydrogen) atoms. The van der Waals surface area contributed by atoms with Gasteiger partial charge >= 0.3 is 10.4 Å². The molecule has 0 spiro atoms. The highest BCUT2D eigenvalue weighted by molar-refractivity contribution is 7.81. The summed E-state index contributed by atoms with van der Waals surface area (Å²) in [6.45, 7) is 1.30. The van der Waals surface area contributed by atoms with E-state index >= 15 is 0 Å². The van der Waals surface area contributed by atoms with Crippen molar-refractivity contribution >= 4 is 10.4 Å². The molecular weight excluding hydrogens is 156 g/mol. The second kappa shape index (κ2) is 4.28. The Morgan fingerprint density at radius 3 is 2.50 bits per heavy atom. The molecule has 0 aromatic heterocycles. The molecular formula is C5H8O4S. The third kappa shape index (κ3) is 4.32. The molecule has 0 saturated heterocycles. The zero-order valence-corrected chi connectivity index (χ0v) is 6.35. The first kappa shape index (κ1) is 9.43. The van der Waals surface area contributed by atoms with Gasteiger partial charge in [0, 0.05) is 0 Å². The van der Waals surface area contributed by atoms with Gasteiger partial charge in [0.1, 0.15) is 6.61 Å². The van der Waals surface area contributed by atoms with Gasteiger partial charge in [-0.3, -0.25) is 0 Å². The van der Waals surface area contributed by atoms with Crippen molar-refractivity contribution < 1.29 is 16.8 Å². The lowest BCUT2D eigenvalue weighted by atomic mass is 10.8. The largest absolute Gasteiger partial charge is 0.400 e. The lowest BCUT2D eigenvalue weighted by Crippen LogP contribution is -2.09. The molecule has 0 unspecified atom stereocenters. The Bertz CT molecular complexity index is 210. The predicted molar refractivity (Wildman–Crippen MR) is 35.3 cm³/mol. The van der Waals surface area contributed by atoms with Gasteiger partial charge in [-0.2, -0.15) is 8.42 Å². The Morgan fingerprint density at radius 2 is 2.10 bits per heavy atom. The lowest BCUT2D eigenvalue weighted by Gasteiger charge is -1.98. The first-order valence-electron chi connectivity index (χ1n) is 2.59. The topological polar surface area (TPSA) is 52.6 Å². The molecule has 58 valence electrons. The van der Waals surface area contributed by atoms with Crippen LogP contribution in [0.5, 0.6) is 0 Å². The minimum atomic E-state index is -3.84. The first-order valence-corrected chi connectivity index (χ1v) is 3.93. The smallest absolute Gasteiger partial charge is 0.248 e. The molecule has 0 amide bonds. The molecule has 0 N–H and O–H groups in total. The number of hydrogen-bond acceptors (Lipinski definition) is 4. The monoisotopic (exact) mass is 164 g/mol. The average Bonchev–Trinajstić information content (AvgIpc) is 1.84. The van der Waals surface area contributed by atoms with Gasteiger partial charge in [0.15, 0.2) is 0 Å².